The average molecular weight is 264 g/mol. The van der Waals surface area contributed by atoms with Crippen LogP contribution in [0.2, 0.25) is 0 Å². The van der Waals surface area contributed by atoms with Crippen LogP contribution in [0.3, 0.4) is 0 Å². The molecule has 1 heterocycles. The van der Waals surface area contributed by atoms with Crippen LogP contribution >= 0.6 is 0 Å². The van der Waals surface area contributed by atoms with Gasteiger partial charge in [-0.05, 0) is 25.1 Å². The lowest BCUT2D eigenvalue weighted by molar-refractivity contribution is 0.168. The van der Waals surface area contributed by atoms with Crippen LogP contribution in [-0.4, -0.2) is 33.7 Å². The van der Waals surface area contributed by atoms with Crippen LogP contribution in [0.5, 0.6) is 0 Å². The Labute approximate surface area is 107 Å². The molecule has 8 nitrogen and oxygen atoms in total. The first-order valence-corrected chi connectivity index (χ1v) is 5.48. The number of ether oxygens (including phenoxy) is 1. The molecule has 4 N–H and O–H groups in total. The summed E-state index contributed by atoms with van der Waals surface area (Å²) < 4.78 is 5.51. The minimum atomic E-state index is -1.23. The Kier molecular flexibility index (Phi) is 3.23. The minimum absolute atomic E-state index is 0.0740. The normalized spacial score (nSPS) is 10.4. The van der Waals surface area contributed by atoms with Gasteiger partial charge in [-0.3, -0.25) is 5.32 Å². The topological polar surface area (TPSA) is 119 Å². The van der Waals surface area contributed by atoms with Gasteiger partial charge in [0.05, 0.1) is 12.1 Å². The monoisotopic (exact) mass is 264 g/mol. The fraction of sp³-hybridized carbons (Fsp3) is 0.182. The van der Waals surface area contributed by atoms with Crippen molar-refractivity contribution in [3.05, 3.63) is 18.2 Å². The second-order valence-corrected chi connectivity index (χ2v) is 3.66. The van der Waals surface area contributed by atoms with E-state index < -0.39 is 12.2 Å². The summed E-state index contributed by atoms with van der Waals surface area (Å²) in [4.78, 5) is 22.2. The van der Waals surface area contributed by atoms with E-state index >= 15 is 0 Å². The van der Waals surface area contributed by atoms with Crippen molar-refractivity contribution in [1.29, 1.82) is 0 Å². The molecule has 0 unspecified atom stereocenters. The molecule has 0 atom stereocenters. The Hall–Kier alpha value is -2.77. The number of carboxylic acid groups (broad SMARTS) is 1. The van der Waals surface area contributed by atoms with Gasteiger partial charge in [-0.1, -0.05) is 0 Å². The Morgan fingerprint density at radius 3 is 2.89 bits per heavy atom. The van der Waals surface area contributed by atoms with Crippen LogP contribution in [0, 0.1) is 0 Å². The SMILES string of the molecule is CCOC(=O)Nc1ccc2c(c1)c(N)nn2C(=O)O. The molecule has 1 aromatic carbocycles. The third-order valence-corrected chi connectivity index (χ3v) is 2.41. The molecule has 0 spiro atoms. The molecular weight excluding hydrogens is 252 g/mol. The number of rotatable bonds is 2. The van der Waals surface area contributed by atoms with Crippen molar-refractivity contribution >= 4 is 34.6 Å². The molecule has 0 aliphatic carbocycles. The van der Waals surface area contributed by atoms with Gasteiger partial charge in [0.1, 0.15) is 0 Å². The van der Waals surface area contributed by atoms with E-state index in [1.807, 2.05) is 0 Å². The summed E-state index contributed by atoms with van der Waals surface area (Å²) in [7, 11) is 0. The van der Waals surface area contributed by atoms with Crippen LogP contribution in [0.15, 0.2) is 18.2 Å². The Balaban J connectivity index is 2.38. The van der Waals surface area contributed by atoms with Crippen molar-refractivity contribution in [2.45, 2.75) is 6.92 Å². The van der Waals surface area contributed by atoms with E-state index in [0.717, 1.165) is 4.68 Å². The van der Waals surface area contributed by atoms with Crippen molar-refractivity contribution in [3.63, 3.8) is 0 Å². The van der Waals surface area contributed by atoms with E-state index in [2.05, 4.69) is 10.4 Å². The zero-order chi connectivity index (χ0) is 14.0. The maximum atomic E-state index is 11.3. The lowest BCUT2D eigenvalue weighted by Gasteiger charge is -2.05. The fourth-order valence-corrected chi connectivity index (χ4v) is 1.65. The van der Waals surface area contributed by atoms with Crippen molar-refractivity contribution < 1.29 is 19.4 Å². The molecule has 100 valence electrons. The molecule has 0 saturated heterocycles. The number of anilines is 2. The number of hydrogen-bond donors (Lipinski definition) is 3. The highest BCUT2D eigenvalue weighted by Gasteiger charge is 2.13. The zero-order valence-electron chi connectivity index (χ0n) is 10.1. The van der Waals surface area contributed by atoms with E-state index in [0.29, 0.717) is 16.6 Å². The molecule has 0 fully saturated rings. The van der Waals surface area contributed by atoms with Crippen LogP contribution in [0.4, 0.5) is 21.1 Å². The van der Waals surface area contributed by atoms with Gasteiger partial charge in [0.15, 0.2) is 5.82 Å². The van der Waals surface area contributed by atoms with Gasteiger partial charge in [-0.15, -0.1) is 5.10 Å². The standard InChI is InChI=1S/C11H12N4O4/c1-2-19-10(16)13-6-3-4-8-7(5-6)9(12)14-15(8)11(17)18/h3-5H,2H2,1H3,(H2,12,14)(H,13,16)(H,17,18). The van der Waals surface area contributed by atoms with Crippen LogP contribution < -0.4 is 11.1 Å². The molecule has 0 aliphatic heterocycles. The van der Waals surface area contributed by atoms with Crippen molar-refractivity contribution in [2.75, 3.05) is 17.7 Å². The third-order valence-electron chi connectivity index (χ3n) is 2.41. The van der Waals surface area contributed by atoms with E-state index in [9.17, 15) is 9.59 Å². The maximum absolute atomic E-state index is 11.3. The van der Waals surface area contributed by atoms with E-state index in [1.54, 1.807) is 13.0 Å². The summed E-state index contributed by atoms with van der Waals surface area (Å²) in [5.41, 5.74) is 6.43. The third kappa shape index (κ3) is 2.41. The van der Waals surface area contributed by atoms with Crippen LogP contribution in [-0.2, 0) is 4.74 Å². The highest BCUT2D eigenvalue weighted by molar-refractivity contribution is 5.98. The molecule has 8 heteroatoms. The number of hydrogen-bond acceptors (Lipinski definition) is 5. The van der Waals surface area contributed by atoms with Gasteiger partial charge >= 0.3 is 12.2 Å². The summed E-state index contributed by atoms with van der Waals surface area (Å²) in [5, 5.41) is 15.6. The zero-order valence-corrected chi connectivity index (χ0v) is 10.1. The smallest absolute Gasteiger partial charge is 0.432 e. The number of nitrogens with one attached hydrogen (secondary N) is 1. The van der Waals surface area contributed by atoms with Gasteiger partial charge in [0, 0.05) is 11.1 Å². The molecular formula is C11H12N4O4. The number of nitrogens with two attached hydrogens (primary N) is 1. The predicted octanol–water partition coefficient (Wildman–Crippen LogP) is 1.71. The molecule has 19 heavy (non-hydrogen) atoms. The van der Waals surface area contributed by atoms with Crippen LogP contribution in [0.25, 0.3) is 10.9 Å². The Bertz CT molecular complexity index is 649. The predicted molar refractivity (Wildman–Crippen MR) is 68.2 cm³/mol. The van der Waals surface area contributed by atoms with Gasteiger partial charge in [0.25, 0.3) is 0 Å². The fourth-order valence-electron chi connectivity index (χ4n) is 1.65. The highest BCUT2D eigenvalue weighted by Crippen LogP contribution is 2.24. The number of amides is 1. The molecule has 2 rings (SSSR count). The van der Waals surface area contributed by atoms with E-state index in [1.165, 1.54) is 12.1 Å². The number of carbonyl (C=O) groups is 2. The summed E-state index contributed by atoms with van der Waals surface area (Å²) in [6, 6.07) is 4.59. The van der Waals surface area contributed by atoms with E-state index in [4.69, 9.17) is 15.6 Å². The second-order valence-electron chi connectivity index (χ2n) is 3.66. The summed E-state index contributed by atoms with van der Waals surface area (Å²) in [6.45, 7) is 1.95. The molecule has 0 aliphatic rings. The maximum Gasteiger partial charge on any atom is 0.432 e. The van der Waals surface area contributed by atoms with Gasteiger partial charge < -0.3 is 15.6 Å². The summed E-state index contributed by atoms with van der Waals surface area (Å²) in [6.07, 6.45) is -1.82. The molecule has 0 bridgehead atoms. The Morgan fingerprint density at radius 2 is 2.26 bits per heavy atom. The first-order valence-electron chi connectivity index (χ1n) is 5.48. The second kappa shape index (κ2) is 4.84. The minimum Gasteiger partial charge on any atom is -0.463 e. The molecule has 1 amide bonds. The number of nitrogen functional groups attached to an aromatic ring is 1. The first kappa shape index (κ1) is 12.7. The molecule has 2 aromatic rings. The highest BCUT2D eigenvalue weighted by atomic mass is 16.5. The number of aromatic nitrogens is 2. The first-order chi connectivity index (χ1) is 9.02. The van der Waals surface area contributed by atoms with Crippen molar-refractivity contribution in [2.24, 2.45) is 0 Å². The number of benzene rings is 1. The number of fused-ring (bicyclic) bond motifs is 1. The van der Waals surface area contributed by atoms with Crippen LogP contribution in [0.1, 0.15) is 6.92 Å². The van der Waals surface area contributed by atoms with Gasteiger partial charge in [0.2, 0.25) is 0 Å². The summed E-state index contributed by atoms with van der Waals surface area (Å²) >= 11 is 0. The lowest BCUT2D eigenvalue weighted by atomic mass is 10.2. The Morgan fingerprint density at radius 1 is 1.53 bits per heavy atom. The average Bonchev–Trinajstić information content (AvgIpc) is 2.67. The number of nitrogens with zero attached hydrogens (tertiary/aromatic N) is 2. The number of carbonyl (C=O) groups excluding carboxylic acids is 1. The largest absolute Gasteiger partial charge is 0.463 e. The van der Waals surface area contributed by atoms with Gasteiger partial charge in [-0.2, -0.15) is 4.68 Å². The summed E-state index contributed by atoms with van der Waals surface area (Å²) in [5.74, 6) is 0.0740. The van der Waals surface area contributed by atoms with Crippen molar-refractivity contribution in [3.8, 4) is 0 Å². The lowest BCUT2D eigenvalue weighted by Crippen LogP contribution is -2.13. The molecule has 0 radical (unpaired) electrons. The quantitative estimate of drug-likeness (QED) is 0.759. The van der Waals surface area contributed by atoms with Crippen molar-refractivity contribution in [1.82, 2.24) is 9.78 Å². The molecule has 1 aromatic heterocycles. The van der Waals surface area contributed by atoms with Gasteiger partial charge in [-0.25, -0.2) is 9.59 Å². The molecule has 0 saturated carbocycles. The van der Waals surface area contributed by atoms with E-state index in [-0.39, 0.29) is 12.4 Å².